The second-order valence-corrected chi connectivity index (χ2v) is 6.47. The number of carbonyl (C=O) groups excluding carboxylic acids is 1. The molecule has 1 atom stereocenters. The molecular weight excluding hydrogens is 328 g/mol. The van der Waals surface area contributed by atoms with Gasteiger partial charge in [0.2, 0.25) is 5.91 Å². The summed E-state index contributed by atoms with van der Waals surface area (Å²) in [6.45, 7) is 1.91. The van der Waals surface area contributed by atoms with E-state index in [1.165, 1.54) is 11.8 Å². The number of amides is 1. The van der Waals surface area contributed by atoms with E-state index >= 15 is 0 Å². The number of nitrogens with one attached hydrogen (secondary N) is 1. The van der Waals surface area contributed by atoms with E-state index in [9.17, 15) is 4.79 Å². The third-order valence-corrected chi connectivity index (χ3v) is 4.70. The Kier molecular flexibility index (Phi) is 6.52. The van der Waals surface area contributed by atoms with Crippen molar-refractivity contribution in [1.29, 1.82) is 5.26 Å². The minimum absolute atomic E-state index is 0.0446. The highest BCUT2D eigenvalue weighted by Crippen LogP contribution is 2.22. The maximum absolute atomic E-state index is 12.0. The highest BCUT2D eigenvalue weighted by molar-refractivity contribution is 7.99. The molecule has 0 aliphatic heterocycles. The number of hydrogen-bond donors (Lipinski definition) is 1. The molecule has 0 fully saturated rings. The van der Waals surface area contributed by atoms with E-state index in [0.717, 1.165) is 11.1 Å². The van der Waals surface area contributed by atoms with Crippen LogP contribution < -0.4 is 5.32 Å². The van der Waals surface area contributed by atoms with Crippen LogP contribution in [0, 0.1) is 11.3 Å². The topological polar surface area (TPSA) is 52.9 Å². The molecule has 0 saturated carbocycles. The van der Waals surface area contributed by atoms with E-state index in [4.69, 9.17) is 16.9 Å². The molecule has 1 N–H and O–H groups in total. The van der Waals surface area contributed by atoms with E-state index in [1.807, 2.05) is 49.4 Å². The lowest BCUT2D eigenvalue weighted by molar-refractivity contribution is -0.119. The molecule has 0 heterocycles. The fraction of sp³-hybridized carbons (Fsp3) is 0.222. The van der Waals surface area contributed by atoms with E-state index in [1.54, 1.807) is 6.07 Å². The van der Waals surface area contributed by atoms with E-state index in [2.05, 4.69) is 11.4 Å². The number of thioether (sulfide) groups is 1. The van der Waals surface area contributed by atoms with Crippen LogP contribution in [0.1, 0.15) is 29.7 Å². The normalized spacial score (nSPS) is 11.5. The van der Waals surface area contributed by atoms with Crippen LogP contribution in [0.5, 0.6) is 0 Å². The van der Waals surface area contributed by atoms with Crippen LogP contribution in [0.4, 0.5) is 0 Å². The molecule has 0 unspecified atom stereocenters. The van der Waals surface area contributed by atoms with E-state index in [0.29, 0.717) is 22.1 Å². The van der Waals surface area contributed by atoms with Gasteiger partial charge in [0.15, 0.2) is 0 Å². The number of halogens is 1. The number of nitrogens with zero attached hydrogens (tertiary/aromatic N) is 1. The zero-order valence-corrected chi connectivity index (χ0v) is 14.3. The fourth-order valence-electron chi connectivity index (χ4n) is 2.20. The van der Waals surface area contributed by atoms with Crippen molar-refractivity contribution in [3.05, 3.63) is 70.2 Å². The second kappa shape index (κ2) is 8.61. The predicted molar refractivity (Wildman–Crippen MR) is 95.3 cm³/mol. The van der Waals surface area contributed by atoms with Crippen LogP contribution in [-0.2, 0) is 10.5 Å². The third kappa shape index (κ3) is 5.02. The van der Waals surface area contributed by atoms with Gasteiger partial charge in [-0.1, -0.05) is 48.0 Å². The molecule has 2 aromatic carbocycles. The monoisotopic (exact) mass is 344 g/mol. The van der Waals surface area contributed by atoms with Crippen molar-refractivity contribution in [2.75, 3.05) is 5.75 Å². The Bertz CT molecular complexity index is 727. The van der Waals surface area contributed by atoms with Crippen LogP contribution in [-0.4, -0.2) is 11.7 Å². The molecule has 0 aromatic heterocycles. The molecule has 5 heteroatoms. The summed E-state index contributed by atoms with van der Waals surface area (Å²) < 4.78 is 0. The van der Waals surface area contributed by atoms with Crippen LogP contribution in [0.3, 0.4) is 0 Å². The molecule has 0 saturated heterocycles. The average Bonchev–Trinajstić information content (AvgIpc) is 2.55. The third-order valence-electron chi connectivity index (χ3n) is 3.38. The lowest BCUT2D eigenvalue weighted by atomic mass is 10.1. The Morgan fingerprint density at radius 2 is 1.96 bits per heavy atom. The van der Waals surface area contributed by atoms with Crippen molar-refractivity contribution in [3.63, 3.8) is 0 Å². The number of hydrogen-bond acceptors (Lipinski definition) is 3. The Balaban J connectivity index is 1.84. The number of benzene rings is 2. The summed E-state index contributed by atoms with van der Waals surface area (Å²) in [4.78, 5) is 12.0. The predicted octanol–water partition coefficient (Wildman–Crippen LogP) is 4.32. The van der Waals surface area contributed by atoms with Gasteiger partial charge in [-0.25, -0.2) is 0 Å². The van der Waals surface area contributed by atoms with Crippen molar-refractivity contribution in [1.82, 2.24) is 5.32 Å². The van der Waals surface area contributed by atoms with Gasteiger partial charge >= 0.3 is 0 Å². The highest BCUT2D eigenvalue weighted by Gasteiger charge is 2.12. The molecule has 118 valence electrons. The van der Waals surface area contributed by atoms with Gasteiger partial charge < -0.3 is 5.32 Å². The molecule has 3 nitrogen and oxygen atoms in total. The second-order valence-electron chi connectivity index (χ2n) is 5.07. The van der Waals surface area contributed by atoms with Gasteiger partial charge in [0, 0.05) is 10.8 Å². The Morgan fingerprint density at radius 3 is 2.70 bits per heavy atom. The van der Waals surface area contributed by atoms with Crippen molar-refractivity contribution >= 4 is 29.3 Å². The first kappa shape index (κ1) is 17.4. The lowest BCUT2D eigenvalue weighted by Crippen LogP contribution is -2.28. The Labute approximate surface area is 145 Å². The van der Waals surface area contributed by atoms with E-state index in [-0.39, 0.29) is 11.9 Å². The molecular formula is C18H17ClN2OS. The molecule has 0 aliphatic rings. The SMILES string of the molecule is C[C@H](NC(=O)CSCc1ccccc1C#N)c1ccccc1Cl. The molecule has 2 aromatic rings. The van der Waals surface area contributed by atoms with Gasteiger partial charge in [0.1, 0.15) is 0 Å². The zero-order chi connectivity index (χ0) is 16.7. The number of carbonyl (C=O) groups is 1. The van der Waals surface area contributed by atoms with Crippen LogP contribution in [0.25, 0.3) is 0 Å². The maximum Gasteiger partial charge on any atom is 0.230 e. The number of rotatable bonds is 6. The van der Waals surface area contributed by atoms with Gasteiger partial charge in [-0.3, -0.25) is 4.79 Å². The quantitative estimate of drug-likeness (QED) is 0.848. The molecule has 0 radical (unpaired) electrons. The first-order valence-corrected chi connectivity index (χ1v) is 8.74. The van der Waals surface area contributed by atoms with Crippen molar-refractivity contribution in [3.8, 4) is 6.07 Å². The summed E-state index contributed by atoms with van der Waals surface area (Å²) >= 11 is 7.62. The van der Waals surface area contributed by atoms with Crippen LogP contribution in [0.2, 0.25) is 5.02 Å². The van der Waals surface area contributed by atoms with Gasteiger partial charge in [0.25, 0.3) is 0 Å². The lowest BCUT2D eigenvalue weighted by Gasteiger charge is -2.15. The van der Waals surface area contributed by atoms with Gasteiger partial charge in [-0.2, -0.15) is 5.26 Å². The molecule has 0 bridgehead atoms. The van der Waals surface area contributed by atoms with Gasteiger partial charge in [0.05, 0.1) is 23.4 Å². The van der Waals surface area contributed by atoms with Gasteiger partial charge in [-0.05, 0) is 30.2 Å². The van der Waals surface area contributed by atoms with Crippen LogP contribution in [0.15, 0.2) is 48.5 Å². The summed E-state index contributed by atoms with van der Waals surface area (Å²) in [5, 5.41) is 12.6. The minimum atomic E-state index is -0.136. The van der Waals surface area contributed by atoms with E-state index < -0.39 is 0 Å². The molecule has 1 amide bonds. The summed E-state index contributed by atoms with van der Waals surface area (Å²) in [7, 11) is 0. The summed E-state index contributed by atoms with van der Waals surface area (Å²) in [6.07, 6.45) is 0. The first-order valence-electron chi connectivity index (χ1n) is 7.21. The van der Waals surface area contributed by atoms with Crippen molar-refractivity contribution in [2.24, 2.45) is 0 Å². The Hall–Kier alpha value is -1.96. The maximum atomic E-state index is 12.0. The standard InChI is InChI=1S/C18H17ClN2OS/c1-13(16-8-4-5-9-17(16)19)21-18(22)12-23-11-15-7-3-2-6-14(15)10-20/h2-9,13H,11-12H2,1H3,(H,21,22)/t13-/m0/s1. The molecule has 0 aliphatic carbocycles. The largest absolute Gasteiger partial charge is 0.349 e. The first-order chi connectivity index (χ1) is 11.1. The zero-order valence-electron chi connectivity index (χ0n) is 12.8. The molecule has 2 rings (SSSR count). The highest BCUT2D eigenvalue weighted by atomic mass is 35.5. The number of nitriles is 1. The Morgan fingerprint density at radius 1 is 1.26 bits per heavy atom. The van der Waals surface area contributed by atoms with Crippen LogP contribution >= 0.6 is 23.4 Å². The van der Waals surface area contributed by atoms with Crippen molar-refractivity contribution in [2.45, 2.75) is 18.7 Å². The summed E-state index contributed by atoms with van der Waals surface area (Å²) in [5.74, 6) is 0.934. The summed E-state index contributed by atoms with van der Waals surface area (Å²) in [6, 6.07) is 16.9. The van der Waals surface area contributed by atoms with Crippen molar-refractivity contribution < 1.29 is 4.79 Å². The fourth-order valence-corrected chi connectivity index (χ4v) is 3.34. The minimum Gasteiger partial charge on any atom is -0.349 e. The smallest absolute Gasteiger partial charge is 0.230 e. The summed E-state index contributed by atoms with van der Waals surface area (Å²) in [5.41, 5.74) is 2.51. The molecule has 0 spiro atoms. The molecule has 23 heavy (non-hydrogen) atoms. The van der Waals surface area contributed by atoms with Gasteiger partial charge in [-0.15, -0.1) is 11.8 Å². The average molecular weight is 345 g/mol.